The van der Waals surface area contributed by atoms with Crippen LogP contribution in [-0.2, 0) is 6.42 Å². The third kappa shape index (κ3) is 4.21. The number of hydrogen-bond donors (Lipinski definition) is 0. The average molecular weight is 243 g/mol. The molecule has 0 saturated heterocycles. The SMILES string of the molecule is [NH][C@H](CSc1ccccc1)Cc1cccnc1. The molecule has 0 aliphatic rings. The zero-order valence-corrected chi connectivity index (χ0v) is 10.4. The maximum Gasteiger partial charge on any atom is 0.0348 e. The van der Waals surface area contributed by atoms with E-state index in [4.69, 9.17) is 5.73 Å². The molecule has 0 bridgehead atoms. The predicted octanol–water partition coefficient (Wildman–Crippen LogP) is 3.07. The fourth-order valence-corrected chi connectivity index (χ4v) is 2.44. The summed E-state index contributed by atoms with van der Waals surface area (Å²) in [6, 6.07) is 14.1. The van der Waals surface area contributed by atoms with Crippen LogP contribution >= 0.6 is 11.8 Å². The molecule has 2 aromatic rings. The van der Waals surface area contributed by atoms with E-state index >= 15 is 0 Å². The molecule has 1 aromatic carbocycles. The maximum atomic E-state index is 8.01. The van der Waals surface area contributed by atoms with Crippen LogP contribution in [0, 0.1) is 0 Å². The Labute approximate surface area is 106 Å². The van der Waals surface area contributed by atoms with Gasteiger partial charge in [0.05, 0.1) is 0 Å². The number of nitrogens with one attached hydrogen (secondary N) is 1. The molecule has 0 amide bonds. The highest BCUT2D eigenvalue weighted by Gasteiger charge is 2.05. The second-order valence-electron chi connectivity index (χ2n) is 3.89. The smallest absolute Gasteiger partial charge is 0.0348 e. The minimum Gasteiger partial charge on any atom is -0.264 e. The van der Waals surface area contributed by atoms with Crippen LogP contribution in [0.2, 0.25) is 0 Å². The average Bonchev–Trinajstić information content (AvgIpc) is 2.39. The molecule has 2 nitrogen and oxygen atoms in total. The van der Waals surface area contributed by atoms with E-state index < -0.39 is 0 Å². The molecule has 0 aliphatic heterocycles. The molecule has 0 spiro atoms. The summed E-state index contributed by atoms with van der Waals surface area (Å²) in [5.74, 6) is 0.818. The normalized spacial score (nSPS) is 12.3. The Morgan fingerprint density at radius 1 is 1.12 bits per heavy atom. The Morgan fingerprint density at radius 2 is 1.94 bits per heavy atom. The highest BCUT2D eigenvalue weighted by atomic mass is 32.2. The van der Waals surface area contributed by atoms with Crippen molar-refractivity contribution in [3.63, 3.8) is 0 Å². The molecular formula is C14H15N2S. The van der Waals surface area contributed by atoms with Crippen LogP contribution in [0.25, 0.3) is 0 Å². The summed E-state index contributed by atoms with van der Waals surface area (Å²) in [4.78, 5) is 5.30. The molecule has 1 N–H and O–H groups in total. The molecule has 2 rings (SSSR count). The largest absolute Gasteiger partial charge is 0.264 e. The Kier molecular flexibility index (Phi) is 4.59. The number of benzene rings is 1. The van der Waals surface area contributed by atoms with Crippen molar-refractivity contribution in [3.8, 4) is 0 Å². The van der Waals surface area contributed by atoms with Crippen LogP contribution in [-0.4, -0.2) is 16.8 Å². The van der Waals surface area contributed by atoms with Crippen molar-refractivity contribution in [1.29, 1.82) is 0 Å². The van der Waals surface area contributed by atoms with Crippen molar-refractivity contribution in [2.75, 3.05) is 5.75 Å². The number of nitrogens with zero attached hydrogens (tertiary/aromatic N) is 1. The van der Waals surface area contributed by atoms with Gasteiger partial charge in [0.25, 0.3) is 0 Å². The van der Waals surface area contributed by atoms with Gasteiger partial charge in [-0.25, -0.2) is 0 Å². The van der Waals surface area contributed by atoms with Gasteiger partial charge in [-0.2, -0.15) is 0 Å². The zero-order valence-electron chi connectivity index (χ0n) is 9.54. The van der Waals surface area contributed by atoms with Crippen LogP contribution in [0.15, 0.2) is 59.8 Å². The fraction of sp³-hybridized carbons (Fsp3) is 0.214. The lowest BCUT2D eigenvalue weighted by Crippen LogP contribution is -2.15. The van der Waals surface area contributed by atoms with Crippen molar-refractivity contribution in [2.45, 2.75) is 17.4 Å². The second kappa shape index (κ2) is 6.42. The van der Waals surface area contributed by atoms with E-state index in [0.29, 0.717) is 0 Å². The Balaban J connectivity index is 1.80. The van der Waals surface area contributed by atoms with Gasteiger partial charge in [-0.05, 0) is 30.2 Å². The molecule has 3 heteroatoms. The molecule has 0 saturated carbocycles. The Morgan fingerprint density at radius 3 is 2.65 bits per heavy atom. The van der Waals surface area contributed by atoms with Gasteiger partial charge in [-0.3, -0.25) is 10.7 Å². The lowest BCUT2D eigenvalue weighted by molar-refractivity contribution is 0.723. The van der Waals surface area contributed by atoms with E-state index in [9.17, 15) is 0 Å². The summed E-state index contributed by atoms with van der Waals surface area (Å²) >= 11 is 1.74. The van der Waals surface area contributed by atoms with Gasteiger partial charge in [0.15, 0.2) is 0 Å². The van der Waals surface area contributed by atoms with E-state index in [1.807, 2.05) is 36.5 Å². The maximum absolute atomic E-state index is 8.01. The van der Waals surface area contributed by atoms with Gasteiger partial charge in [0.2, 0.25) is 0 Å². The van der Waals surface area contributed by atoms with Gasteiger partial charge in [-0.1, -0.05) is 24.3 Å². The molecule has 1 aromatic heterocycles. The Hall–Kier alpha value is -1.32. The first-order valence-corrected chi connectivity index (χ1v) is 6.61. The van der Waals surface area contributed by atoms with Crippen molar-refractivity contribution < 1.29 is 0 Å². The standard InChI is InChI=1S/C14H15N2S/c15-13(9-12-5-4-8-16-10-12)11-17-14-6-2-1-3-7-14/h1-8,10,13,15H,9,11H2/t13-/m0/s1. The lowest BCUT2D eigenvalue weighted by atomic mass is 10.1. The molecular weight excluding hydrogens is 228 g/mol. The zero-order chi connectivity index (χ0) is 11.9. The van der Waals surface area contributed by atoms with Crippen molar-refractivity contribution in [1.82, 2.24) is 10.7 Å². The van der Waals surface area contributed by atoms with Gasteiger partial charge in [0, 0.05) is 29.1 Å². The van der Waals surface area contributed by atoms with E-state index in [1.54, 1.807) is 18.0 Å². The molecule has 0 unspecified atom stereocenters. The molecule has 0 aliphatic carbocycles. The van der Waals surface area contributed by atoms with Crippen molar-refractivity contribution >= 4 is 11.8 Å². The summed E-state index contributed by atoms with van der Waals surface area (Å²) in [6.45, 7) is 0. The number of rotatable bonds is 5. The highest BCUT2D eigenvalue weighted by molar-refractivity contribution is 7.99. The summed E-state index contributed by atoms with van der Waals surface area (Å²) in [5, 5.41) is 0. The monoisotopic (exact) mass is 243 g/mol. The molecule has 1 heterocycles. The third-order valence-corrected chi connectivity index (χ3v) is 3.57. The lowest BCUT2D eigenvalue weighted by Gasteiger charge is -2.09. The topological polar surface area (TPSA) is 36.7 Å². The van der Waals surface area contributed by atoms with Crippen molar-refractivity contribution in [2.24, 2.45) is 0 Å². The number of thioether (sulfide) groups is 1. The molecule has 0 fully saturated rings. The van der Waals surface area contributed by atoms with Crippen LogP contribution < -0.4 is 5.73 Å². The van der Waals surface area contributed by atoms with Gasteiger partial charge < -0.3 is 0 Å². The minimum atomic E-state index is -0.0793. The minimum absolute atomic E-state index is 0.0793. The van der Waals surface area contributed by atoms with Crippen LogP contribution in [0.4, 0.5) is 0 Å². The fourth-order valence-electron chi connectivity index (χ4n) is 1.58. The predicted molar refractivity (Wildman–Crippen MR) is 72.0 cm³/mol. The highest BCUT2D eigenvalue weighted by Crippen LogP contribution is 2.18. The van der Waals surface area contributed by atoms with Crippen LogP contribution in [0.5, 0.6) is 0 Å². The number of aromatic nitrogens is 1. The van der Waals surface area contributed by atoms with Gasteiger partial charge >= 0.3 is 0 Å². The first-order valence-electron chi connectivity index (χ1n) is 5.62. The van der Waals surface area contributed by atoms with Gasteiger partial charge in [-0.15, -0.1) is 11.8 Å². The molecule has 17 heavy (non-hydrogen) atoms. The number of pyridine rings is 1. The van der Waals surface area contributed by atoms with Crippen LogP contribution in [0.1, 0.15) is 5.56 Å². The second-order valence-corrected chi connectivity index (χ2v) is 4.98. The third-order valence-electron chi connectivity index (χ3n) is 2.40. The first kappa shape index (κ1) is 12.1. The Bertz CT molecular complexity index is 430. The van der Waals surface area contributed by atoms with E-state index in [0.717, 1.165) is 17.7 Å². The number of hydrogen-bond acceptors (Lipinski definition) is 2. The quantitative estimate of drug-likeness (QED) is 0.757. The molecule has 1 radical (unpaired) electrons. The summed E-state index contributed by atoms with van der Waals surface area (Å²) in [5.41, 5.74) is 9.15. The molecule has 87 valence electrons. The van der Waals surface area contributed by atoms with Crippen molar-refractivity contribution in [3.05, 3.63) is 60.4 Å². The summed E-state index contributed by atoms with van der Waals surface area (Å²) < 4.78 is 0. The van der Waals surface area contributed by atoms with E-state index in [-0.39, 0.29) is 6.04 Å². The van der Waals surface area contributed by atoms with Gasteiger partial charge in [0.1, 0.15) is 0 Å². The van der Waals surface area contributed by atoms with E-state index in [2.05, 4.69) is 17.1 Å². The first-order chi connectivity index (χ1) is 8.34. The summed E-state index contributed by atoms with van der Waals surface area (Å²) in [7, 11) is 0. The summed E-state index contributed by atoms with van der Waals surface area (Å²) in [6.07, 6.45) is 4.38. The van der Waals surface area contributed by atoms with E-state index in [1.165, 1.54) is 4.90 Å². The molecule has 1 atom stereocenters. The van der Waals surface area contributed by atoms with Crippen LogP contribution in [0.3, 0.4) is 0 Å².